The third-order valence-corrected chi connectivity index (χ3v) is 6.32. The molecule has 2 saturated heterocycles. The first-order valence-corrected chi connectivity index (χ1v) is 8.01. The van der Waals surface area contributed by atoms with Crippen LogP contribution in [0.5, 0.6) is 0 Å². The van der Waals surface area contributed by atoms with Gasteiger partial charge in [0.1, 0.15) is 0 Å². The summed E-state index contributed by atoms with van der Waals surface area (Å²) in [6, 6.07) is 0. The van der Waals surface area contributed by atoms with E-state index in [-0.39, 0.29) is 7.43 Å². The van der Waals surface area contributed by atoms with Gasteiger partial charge in [0, 0.05) is 33.5 Å². The van der Waals surface area contributed by atoms with Crippen LogP contribution in [0.25, 0.3) is 0 Å². The lowest BCUT2D eigenvalue weighted by Gasteiger charge is -1.94. The molecule has 0 aliphatic carbocycles. The van der Waals surface area contributed by atoms with Crippen molar-refractivity contribution >= 4 is 45.1 Å². The van der Waals surface area contributed by atoms with E-state index < -0.39 is 0 Å². The smallest absolute Gasteiger partial charge is 0.0237 e. The third kappa shape index (κ3) is 4.86. The van der Waals surface area contributed by atoms with Gasteiger partial charge in [0.05, 0.1) is 0 Å². The molecule has 0 radical (unpaired) electrons. The van der Waals surface area contributed by atoms with Gasteiger partial charge in [0.2, 0.25) is 0 Å². The van der Waals surface area contributed by atoms with E-state index in [1.165, 1.54) is 23.0 Å². The topological polar surface area (TPSA) is 0 Å². The molecule has 66 valence electrons. The summed E-state index contributed by atoms with van der Waals surface area (Å²) >= 11 is 4.21. The van der Waals surface area contributed by atoms with E-state index >= 15 is 0 Å². The lowest BCUT2D eigenvalue weighted by atomic mass is 10.6. The molecule has 2 rings (SSSR count). The Morgan fingerprint density at radius 1 is 1.00 bits per heavy atom. The molecule has 2 fully saturated rings. The molecule has 0 N–H and O–H groups in total. The van der Waals surface area contributed by atoms with Crippen LogP contribution < -0.4 is 0 Å². The predicted molar refractivity (Wildman–Crippen MR) is 64.1 cm³/mol. The summed E-state index contributed by atoms with van der Waals surface area (Å²) in [4.78, 5) is 0. The Labute approximate surface area is 85.8 Å². The number of thioether (sulfide) groups is 2. The van der Waals surface area contributed by atoms with Crippen LogP contribution in [-0.2, 0) is 0 Å². The molecule has 2 aliphatic heterocycles. The molecule has 2 aliphatic rings. The number of hydrogen-bond donors (Lipinski definition) is 0. The van der Waals surface area contributed by atoms with Crippen LogP contribution in [0.1, 0.15) is 7.43 Å². The monoisotopic (exact) mass is 226 g/mol. The Hall–Kier alpha value is 1.40. The van der Waals surface area contributed by atoms with E-state index in [1.807, 2.05) is 0 Å². The molecule has 2 atom stereocenters. The van der Waals surface area contributed by atoms with Gasteiger partial charge in [0.25, 0.3) is 0 Å². The highest BCUT2D eigenvalue weighted by molar-refractivity contribution is 8.76. The van der Waals surface area contributed by atoms with Gasteiger partial charge < -0.3 is 0 Å². The van der Waals surface area contributed by atoms with Gasteiger partial charge >= 0.3 is 0 Å². The summed E-state index contributed by atoms with van der Waals surface area (Å²) in [6.45, 7) is 0. The quantitative estimate of drug-likeness (QED) is 0.401. The van der Waals surface area contributed by atoms with Gasteiger partial charge in [-0.2, -0.15) is 23.5 Å². The molecule has 11 heavy (non-hydrogen) atoms. The van der Waals surface area contributed by atoms with Crippen molar-refractivity contribution in [2.24, 2.45) is 0 Å². The second-order valence-electron chi connectivity index (χ2n) is 2.48. The minimum absolute atomic E-state index is 0. The second kappa shape index (κ2) is 5.20. The highest BCUT2D eigenvalue weighted by atomic mass is 33.1. The summed E-state index contributed by atoms with van der Waals surface area (Å²) in [5.74, 6) is 5.61. The minimum atomic E-state index is 0. The van der Waals surface area contributed by atoms with E-state index in [2.05, 4.69) is 45.1 Å². The lowest BCUT2D eigenvalue weighted by molar-refractivity contribution is 1.27. The van der Waals surface area contributed by atoms with Crippen LogP contribution in [0.4, 0.5) is 0 Å². The van der Waals surface area contributed by atoms with E-state index in [0.717, 1.165) is 10.5 Å². The van der Waals surface area contributed by atoms with Crippen LogP contribution in [0.2, 0.25) is 0 Å². The Balaban J connectivity index is 0.000000605. The van der Waals surface area contributed by atoms with Gasteiger partial charge in [-0.15, -0.1) is 0 Å². The Kier molecular flexibility index (Phi) is 4.95. The van der Waals surface area contributed by atoms with Crippen molar-refractivity contribution in [3.8, 4) is 0 Å². The molecule has 0 aromatic carbocycles. The van der Waals surface area contributed by atoms with E-state index in [4.69, 9.17) is 0 Å². The molecule has 0 aromatic rings. The Morgan fingerprint density at radius 3 is 1.64 bits per heavy atom. The van der Waals surface area contributed by atoms with Gasteiger partial charge in [-0.1, -0.05) is 29.0 Å². The van der Waals surface area contributed by atoms with E-state index in [0.29, 0.717) is 0 Å². The maximum absolute atomic E-state index is 2.10. The van der Waals surface area contributed by atoms with Crippen molar-refractivity contribution in [1.82, 2.24) is 0 Å². The molecule has 0 aromatic heterocycles. The van der Waals surface area contributed by atoms with Crippen LogP contribution in [-0.4, -0.2) is 33.5 Å². The van der Waals surface area contributed by atoms with Gasteiger partial charge in [-0.05, 0) is 0 Å². The maximum atomic E-state index is 2.10. The Bertz CT molecular complexity index is 95.0. The molecule has 0 spiro atoms. The van der Waals surface area contributed by atoms with Crippen molar-refractivity contribution in [3.05, 3.63) is 0 Å². The SMILES string of the molecule is C.C(SSCC1CS1)C1CS1. The molecule has 2 heterocycles. The summed E-state index contributed by atoms with van der Waals surface area (Å²) in [6.07, 6.45) is 0. The van der Waals surface area contributed by atoms with Crippen LogP contribution in [0.3, 0.4) is 0 Å². The van der Waals surface area contributed by atoms with Crippen molar-refractivity contribution in [2.75, 3.05) is 23.0 Å². The van der Waals surface area contributed by atoms with Gasteiger partial charge in [0.15, 0.2) is 0 Å². The van der Waals surface area contributed by atoms with Crippen molar-refractivity contribution in [1.29, 1.82) is 0 Å². The second-order valence-corrected chi connectivity index (χ2v) is 7.70. The normalized spacial score (nSPS) is 32.7. The molecule has 0 bridgehead atoms. The number of rotatable bonds is 5. The van der Waals surface area contributed by atoms with Crippen molar-refractivity contribution < 1.29 is 0 Å². The highest BCUT2D eigenvalue weighted by Gasteiger charge is 2.24. The molecule has 0 nitrogen and oxygen atoms in total. The summed E-state index contributed by atoms with van der Waals surface area (Å²) in [5, 5.41) is 2.04. The van der Waals surface area contributed by atoms with Gasteiger partial charge in [-0.3, -0.25) is 0 Å². The summed E-state index contributed by atoms with van der Waals surface area (Å²) < 4.78 is 0. The van der Waals surface area contributed by atoms with Crippen LogP contribution >= 0.6 is 45.1 Å². The first-order valence-electron chi connectivity index (χ1n) is 3.43. The van der Waals surface area contributed by atoms with Crippen LogP contribution in [0.15, 0.2) is 0 Å². The predicted octanol–water partition coefficient (Wildman–Crippen LogP) is 3.23. The standard InChI is InChI=1S/C6H10S4.CH4/c1-5(7-1)3-9-10-4-6-2-8-6;/h5-6H,1-4H2;1H4. The Morgan fingerprint density at radius 2 is 1.36 bits per heavy atom. The summed E-state index contributed by atoms with van der Waals surface area (Å²) in [5.41, 5.74) is 0. The first-order chi connectivity index (χ1) is 4.95. The fourth-order valence-electron chi connectivity index (χ4n) is 0.577. The zero-order valence-corrected chi connectivity index (χ0v) is 8.88. The molecule has 4 heteroatoms. The minimum Gasteiger partial charge on any atom is -0.156 e. The molecule has 0 saturated carbocycles. The fraction of sp³-hybridized carbons (Fsp3) is 1.00. The molecule has 2 unspecified atom stereocenters. The average molecular weight is 226 g/mol. The highest BCUT2D eigenvalue weighted by Crippen LogP contribution is 2.40. The first kappa shape index (κ1) is 10.5. The molecular weight excluding hydrogens is 212 g/mol. The zero-order valence-electron chi connectivity index (χ0n) is 5.62. The fourth-order valence-corrected chi connectivity index (χ4v) is 5.37. The zero-order chi connectivity index (χ0) is 6.81. The van der Waals surface area contributed by atoms with Crippen molar-refractivity contribution in [2.45, 2.75) is 17.9 Å². The average Bonchev–Trinajstić information content (AvgIpc) is 2.77. The van der Waals surface area contributed by atoms with E-state index in [1.54, 1.807) is 0 Å². The van der Waals surface area contributed by atoms with Crippen molar-refractivity contribution in [3.63, 3.8) is 0 Å². The molecular formula is C7H14S4. The number of hydrogen-bond acceptors (Lipinski definition) is 4. The van der Waals surface area contributed by atoms with Gasteiger partial charge in [-0.25, -0.2) is 0 Å². The molecule has 0 amide bonds. The summed E-state index contributed by atoms with van der Waals surface area (Å²) in [7, 11) is 4.15. The third-order valence-electron chi connectivity index (χ3n) is 1.40. The largest absolute Gasteiger partial charge is 0.156 e. The van der Waals surface area contributed by atoms with Crippen LogP contribution in [0, 0.1) is 0 Å². The maximum Gasteiger partial charge on any atom is 0.0237 e. The lowest BCUT2D eigenvalue weighted by Crippen LogP contribution is -1.87. The van der Waals surface area contributed by atoms with E-state index in [9.17, 15) is 0 Å².